The van der Waals surface area contributed by atoms with Crippen molar-refractivity contribution in [2.75, 3.05) is 7.05 Å². The molecule has 0 fully saturated rings. The van der Waals surface area contributed by atoms with Crippen LogP contribution < -0.4 is 5.32 Å². The predicted molar refractivity (Wildman–Crippen MR) is 66.2 cm³/mol. The van der Waals surface area contributed by atoms with Crippen molar-refractivity contribution in [1.29, 1.82) is 0 Å². The monoisotopic (exact) mass is 199 g/mol. The van der Waals surface area contributed by atoms with Crippen LogP contribution in [-0.4, -0.2) is 7.05 Å². The van der Waals surface area contributed by atoms with Gasteiger partial charge in [0.25, 0.3) is 0 Å². The van der Waals surface area contributed by atoms with Gasteiger partial charge < -0.3 is 5.32 Å². The highest BCUT2D eigenvalue weighted by Crippen LogP contribution is 2.27. The number of fused-ring (bicyclic) bond motifs is 1. The van der Waals surface area contributed by atoms with Crippen LogP contribution >= 0.6 is 0 Å². The van der Waals surface area contributed by atoms with Gasteiger partial charge in [-0.15, -0.1) is 0 Å². The largest absolute Gasteiger partial charge is 0.313 e. The molecule has 0 saturated heterocycles. The summed E-state index contributed by atoms with van der Waals surface area (Å²) in [6, 6.07) is 13.4. The molecule has 0 spiro atoms. The molecule has 0 radical (unpaired) electrons. The van der Waals surface area contributed by atoms with E-state index in [0.717, 1.165) is 0 Å². The highest BCUT2D eigenvalue weighted by atomic mass is 14.9. The zero-order chi connectivity index (χ0) is 10.8. The van der Waals surface area contributed by atoms with Gasteiger partial charge in [0.05, 0.1) is 0 Å². The Bertz CT molecular complexity index is 474. The van der Waals surface area contributed by atoms with Crippen molar-refractivity contribution < 1.29 is 0 Å². The van der Waals surface area contributed by atoms with E-state index in [1.807, 2.05) is 7.05 Å². The molecule has 0 aliphatic carbocycles. The Morgan fingerprint density at radius 1 is 1.07 bits per heavy atom. The van der Waals surface area contributed by atoms with Crippen molar-refractivity contribution >= 4 is 10.8 Å². The standard InChI is InChI=1S/C14H17N/c1-10-8-9-12-6-4-5-7-13(12)14(10)11(2)15-3/h4-9,11,15H,1-3H3/t11-/m1/s1. The summed E-state index contributed by atoms with van der Waals surface area (Å²) in [5, 5.41) is 5.99. The van der Waals surface area contributed by atoms with Crippen molar-refractivity contribution in [3.8, 4) is 0 Å². The maximum Gasteiger partial charge on any atom is 0.0297 e. The van der Waals surface area contributed by atoms with Crippen LogP contribution in [0.1, 0.15) is 24.1 Å². The van der Waals surface area contributed by atoms with Gasteiger partial charge in [0.15, 0.2) is 0 Å². The van der Waals surface area contributed by atoms with Gasteiger partial charge in [0.2, 0.25) is 0 Å². The molecule has 78 valence electrons. The molecular formula is C14H17N. The highest BCUT2D eigenvalue weighted by Gasteiger charge is 2.09. The molecule has 0 amide bonds. The molecule has 0 bridgehead atoms. The maximum atomic E-state index is 3.31. The zero-order valence-corrected chi connectivity index (χ0v) is 9.54. The summed E-state index contributed by atoms with van der Waals surface area (Å²) in [4.78, 5) is 0. The quantitative estimate of drug-likeness (QED) is 0.781. The van der Waals surface area contributed by atoms with Gasteiger partial charge in [-0.1, -0.05) is 36.4 Å². The van der Waals surface area contributed by atoms with E-state index >= 15 is 0 Å². The number of benzene rings is 2. The zero-order valence-electron chi connectivity index (χ0n) is 9.54. The van der Waals surface area contributed by atoms with Crippen molar-refractivity contribution in [3.05, 3.63) is 47.5 Å². The van der Waals surface area contributed by atoms with E-state index in [2.05, 4.69) is 55.6 Å². The molecule has 0 aliphatic rings. The molecule has 0 unspecified atom stereocenters. The molecule has 0 aliphatic heterocycles. The van der Waals surface area contributed by atoms with Crippen LogP contribution in [0, 0.1) is 6.92 Å². The van der Waals surface area contributed by atoms with Crippen LogP contribution in [0.3, 0.4) is 0 Å². The first kappa shape index (κ1) is 10.2. The first-order valence-corrected chi connectivity index (χ1v) is 5.39. The van der Waals surface area contributed by atoms with Gasteiger partial charge in [-0.2, -0.15) is 0 Å². The molecule has 2 aromatic carbocycles. The third-order valence-electron chi connectivity index (χ3n) is 3.05. The average molecular weight is 199 g/mol. The predicted octanol–water partition coefficient (Wildman–Crippen LogP) is 3.43. The Balaban J connectivity index is 2.74. The number of rotatable bonds is 2. The molecule has 2 rings (SSSR count). The topological polar surface area (TPSA) is 12.0 Å². The number of hydrogen-bond acceptors (Lipinski definition) is 1. The van der Waals surface area contributed by atoms with E-state index in [0.29, 0.717) is 6.04 Å². The number of aryl methyl sites for hydroxylation is 1. The Morgan fingerprint density at radius 3 is 2.53 bits per heavy atom. The van der Waals surface area contributed by atoms with Crippen LogP contribution in [0.5, 0.6) is 0 Å². The molecular weight excluding hydrogens is 182 g/mol. The molecule has 1 heteroatoms. The van der Waals surface area contributed by atoms with E-state index in [-0.39, 0.29) is 0 Å². The number of hydrogen-bond donors (Lipinski definition) is 1. The molecule has 0 aromatic heterocycles. The van der Waals surface area contributed by atoms with E-state index in [1.165, 1.54) is 21.9 Å². The number of nitrogens with one attached hydrogen (secondary N) is 1. The molecule has 0 saturated carbocycles. The Kier molecular flexibility index (Phi) is 2.74. The van der Waals surface area contributed by atoms with Gasteiger partial charge in [-0.3, -0.25) is 0 Å². The van der Waals surface area contributed by atoms with Crippen molar-refractivity contribution in [1.82, 2.24) is 5.32 Å². The van der Waals surface area contributed by atoms with Crippen LogP contribution in [-0.2, 0) is 0 Å². The van der Waals surface area contributed by atoms with E-state index in [1.54, 1.807) is 0 Å². The lowest BCUT2D eigenvalue weighted by Gasteiger charge is -2.16. The summed E-state index contributed by atoms with van der Waals surface area (Å²) >= 11 is 0. The van der Waals surface area contributed by atoms with E-state index in [4.69, 9.17) is 0 Å². The molecule has 2 aromatic rings. The summed E-state index contributed by atoms with van der Waals surface area (Å²) in [7, 11) is 2.01. The summed E-state index contributed by atoms with van der Waals surface area (Å²) in [6.07, 6.45) is 0. The Hall–Kier alpha value is -1.34. The second-order valence-corrected chi connectivity index (χ2v) is 4.03. The van der Waals surface area contributed by atoms with Crippen LogP contribution in [0.25, 0.3) is 10.8 Å². The van der Waals surface area contributed by atoms with E-state index in [9.17, 15) is 0 Å². The lowest BCUT2D eigenvalue weighted by atomic mass is 9.95. The minimum atomic E-state index is 0.399. The van der Waals surface area contributed by atoms with Crippen molar-refractivity contribution in [3.63, 3.8) is 0 Å². The normalized spacial score (nSPS) is 13.0. The van der Waals surface area contributed by atoms with Crippen molar-refractivity contribution in [2.45, 2.75) is 19.9 Å². The van der Waals surface area contributed by atoms with E-state index < -0.39 is 0 Å². The fourth-order valence-corrected chi connectivity index (χ4v) is 2.12. The Labute approximate surface area is 91.1 Å². The molecule has 0 heterocycles. The lowest BCUT2D eigenvalue weighted by Crippen LogP contribution is -2.13. The molecule has 1 atom stereocenters. The second-order valence-electron chi connectivity index (χ2n) is 4.03. The van der Waals surface area contributed by atoms with Gasteiger partial charge in [-0.05, 0) is 42.8 Å². The Morgan fingerprint density at radius 2 is 1.80 bits per heavy atom. The van der Waals surface area contributed by atoms with Crippen LogP contribution in [0.15, 0.2) is 36.4 Å². The molecule has 1 N–H and O–H groups in total. The molecule has 15 heavy (non-hydrogen) atoms. The first-order chi connectivity index (χ1) is 7.24. The summed E-state index contributed by atoms with van der Waals surface area (Å²) in [5.41, 5.74) is 2.77. The fourth-order valence-electron chi connectivity index (χ4n) is 2.12. The summed E-state index contributed by atoms with van der Waals surface area (Å²) < 4.78 is 0. The van der Waals surface area contributed by atoms with Crippen LogP contribution in [0.4, 0.5) is 0 Å². The first-order valence-electron chi connectivity index (χ1n) is 5.39. The smallest absolute Gasteiger partial charge is 0.0297 e. The second kappa shape index (κ2) is 4.03. The van der Waals surface area contributed by atoms with Crippen molar-refractivity contribution in [2.24, 2.45) is 0 Å². The summed E-state index contributed by atoms with van der Waals surface area (Å²) in [5.74, 6) is 0. The van der Waals surface area contributed by atoms with Gasteiger partial charge in [-0.25, -0.2) is 0 Å². The maximum absolute atomic E-state index is 3.31. The van der Waals surface area contributed by atoms with Gasteiger partial charge in [0.1, 0.15) is 0 Å². The average Bonchev–Trinajstić information content (AvgIpc) is 2.28. The lowest BCUT2D eigenvalue weighted by molar-refractivity contribution is 0.653. The highest BCUT2D eigenvalue weighted by molar-refractivity contribution is 5.87. The third kappa shape index (κ3) is 1.75. The van der Waals surface area contributed by atoms with Gasteiger partial charge >= 0.3 is 0 Å². The SMILES string of the molecule is CN[C@H](C)c1c(C)ccc2ccccc12. The summed E-state index contributed by atoms with van der Waals surface area (Å²) in [6.45, 7) is 4.38. The van der Waals surface area contributed by atoms with Crippen LogP contribution in [0.2, 0.25) is 0 Å². The van der Waals surface area contributed by atoms with Gasteiger partial charge in [0, 0.05) is 6.04 Å². The third-order valence-corrected chi connectivity index (χ3v) is 3.05. The minimum absolute atomic E-state index is 0.399. The fraction of sp³-hybridized carbons (Fsp3) is 0.286. The minimum Gasteiger partial charge on any atom is -0.313 e. The molecule has 1 nitrogen and oxygen atoms in total.